The summed E-state index contributed by atoms with van der Waals surface area (Å²) < 4.78 is 10.2. The standard InChI is InChI=1S/C24H21NO5/c1-29-19-10-6-9-18(15-19)25-24(28)20(23(27)17-7-4-3-5-8-17)13-16-11-12-22(30-2)21(26)14-16/h3-15,26H,1-2H3,(H,25,28)/b20-13+. The molecule has 0 bridgehead atoms. The van der Waals surface area contributed by atoms with Gasteiger partial charge in [0.05, 0.1) is 19.8 Å². The lowest BCUT2D eigenvalue weighted by atomic mass is 10.00. The van der Waals surface area contributed by atoms with Crippen molar-refractivity contribution >= 4 is 23.5 Å². The first-order valence-corrected chi connectivity index (χ1v) is 9.15. The van der Waals surface area contributed by atoms with Crippen LogP contribution in [0.1, 0.15) is 15.9 Å². The number of phenols is 1. The summed E-state index contributed by atoms with van der Waals surface area (Å²) in [5.74, 6) is -0.235. The molecule has 0 saturated heterocycles. The van der Waals surface area contributed by atoms with Gasteiger partial charge in [0.2, 0.25) is 0 Å². The van der Waals surface area contributed by atoms with Crippen molar-refractivity contribution in [3.8, 4) is 17.2 Å². The lowest BCUT2D eigenvalue weighted by molar-refractivity contribution is -0.112. The minimum atomic E-state index is -0.576. The highest BCUT2D eigenvalue weighted by atomic mass is 16.5. The van der Waals surface area contributed by atoms with Crippen LogP contribution >= 0.6 is 0 Å². The van der Waals surface area contributed by atoms with Crippen LogP contribution in [0.5, 0.6) is 17.2 Å². The number of aromatic hydroxyl groups is 1. The summed E-state index contributed by atoms with van der Waals surface area (Å²) in [5.41, 5.74) is 1.27. The van der Waals surface area contributed by atoms with Gasteiger partial charge in [0.15, 0.2) is 17.3 Å². The van der Waals surface area contributed by atoms with E-state index in [-0.39, 0.29) is 11.3 Å². The Kier molecular flexibility index (Phi) is 6.49. The van der Waals surface area contributed by atoms with Crippen LogP contribution in [0.4, 0.5) is 5.69 Å². The SMILES string of the molecule is COc1cccc(NC(=O)/C(=C/c2ccc(OC)c(O)c2)C(=O)c2ccccc2)c1. The number of anilines is 1. The van der Waals surface area contributed by atoms with Crippen LogP contribution in [0.2, 0.25) is 0 Å². The van der Waals surface area contributed by atoms with Crippen molar-refractivity contribution in [2.75, 3.05) is 19.5 Å². The van der Waals surface area contributed by atoms with E-state index in [0.717, 1.165) is 0 Å². The number of carbonyl (C=O) groups is 2. The van der Waals surface area contributed by atoms with Crippen molar-refractivity contribution in [3.05, 3.63) is 89.5 Å². The normalized spacial score (nSPS) is 10.9. The third kappa shape index (κ3) is 4.86. The van der Waals surface area contributed by atoms with Gasteiger partial charge in [-0.2, -0.15) is 0 Å². The van der Waals surface area contributed by atoms with Crippen molar-refractivity contribution in [2.24, 2.45) is 0 Å². The van der Waals surface area contributed by atoms with Crippen LogP contribution in [-0.4, -0.2) is 31.0 Å². The number of nitrogens with one attached hydrogen (secondary N) is 1. The second-order valence-electron chi connectivity index (χ2n) is 6.37. The molecule has 6 heteroatoms. The van der Waals surface area contributed by atoms with Gasteiger partial charge in [-0.05, 0) is 35.9 Å². The fraction of sp³-hybridized carbons (Fsp3) is 0.0833. The van der Waals surface area contributed by atoms with Gasteiger partial charge >= 0.3 is 0 Å². The van der Waals surface area contributed by atoms with Gasteiger partial charge in [0, 0.05) is 17.3 Å². The summed E-state index contributed by atoms with van der Waals surface area (Å²) in [7, 11) is 2.97. The number of hydrogen-bond donors (Lipinski definition) is 2. The number of hydrogen-bond acceptors (Lipinski definition) is 5. The van der Waals surface area contributed by atoms with Gasteiger partial charge in [-0.25, -0.2) is 0 Å². The summed E-state index contributed by atoms with van der Waals surface area (Å²) >= 11 is 0. The largest absolute Gasteiger partial charge is 0.504 e. The van der Waals surface area contributed by atoms with Crippen LogP contribution in [0.3, 0.4) is 0 Å². The number of phenolic OH excluding ortho intramolecular Hbond substituents is 1. The van der Waals surface area contributed by atoms with Crippen LogP contribution in [0.25, 0.3) is 6.08 Å². The molecule has 3 aromatic carbocycles. The van der Waals surface area contributed by atoms with Crippen LogP contribution in [0.15, 0.2) is 78.4 Å². The number of rotatable bonds is 7. The van der Waals surface area contributed by atoms with Gasteiger partial charge in [-0.15, -0.1) is 0 Å². The summed E-state index contributed by atoms with van der Waals surface area (Å²) in [6.07, 6.45) is 1.43. The first kappa shape index (κ1) is 20.7. The Balaban J connectivity index is 1.99. The lowest BCUT2D eigenvalue weighted by Gasteiger charge is -2.10. The number of ether oxygens (including phenoxy) is 2. The quantitative estimate of drug-likeness (QED) is 0.266. The predicted molar refractivity (Wildman–Crippen MR) is 115 cm³/mol. The van der Waals surface area contributed by atoms with E-state index in [0.29, 0.717) is 28.3 Å². The fourth-order valence-electron chi connectivity index (χ4n) is 2.84. The molecular weight excluding hydrogens is 382 g/mol. The lowest BCUT2D eigenvalue weighted by Crippen LogP contribution is -2.20. The number of amides is 1. The average Bonchev–Trinajstić information content (AvgIpc) is 2.77. The van der Waals surface area contributed by atoms with Crippen molar-refractivity contribution in [1.29, 1.82) is 0 Å². The van der Waals surface area contributed by atoms with E-state index in [9.17, 15) is 14.7 Å². The number of benzene rings is 3. The molecule has 30 heavy (non-hydrogen) atoms. The minimum Gasteiger partial charge on any atom is -0.504 e. The zero-order chi connectivity index (χ0) is 21.5. The van der Waals surface area contributed by atoms with Crippen molar-refractivity contribution < 1.29 is 24.2 Å². The van der Waals surface area contributed by atoms with E-state index in [4.69, 9.17) is 9.47 Å². The third-order valence-corrected chi connectivity index (χ3v) is 4.37. The van der Waals surface area contributed by atoms with E-state index in [1.54, 1.807) is 66.7 Å². The molecule has 0 saturated carbocycles. The number of Topliss-reactive ketones (excluding diaryl/α,β-unsaturated/α-hetero) is 1. The zero-order valence-electron chi connectivity index (χ0n) is 16.6. The maximum atomic E-state index is 13.1. The second kappa shape index (κ2) is 9.43. The number of carbonyl (C=O) groups excluding carboxylic acids is 2. The molecule has 0 aromatic heterocycles. The molecule has 0 aliphatic heterocycles. The molecule has 0 atom stereocenters. The van der Waals surface area contributed by atoms with Gasteiger partial charge in [0.1, 0.15) is 5.75 Å². The Morgan fingerprint density at radius 1 is 0.900 bits per heavy atom. The molecule has 0 aliphatic rings. The van der Waals surface area contributed by atoms with Crippen LogP contribution < -0.4 is 14.8 Å². The van der Waals surface area contributed by atoms with E-state index in [1.807, 2.05) is 0 Å². The Hall–Kier alpha value is -4.06. The number of ketones is 1. The highest BCUT2D eigenvalue weighted by Crippen LogP contribution is 2.28. The molecular formula is C24H21NO5. The molecule has 0 heterocycles. The monoisotopic (exact) mass is 403 g/mol. The summed E-state index contributed by atoms with van der Waals surface area (Å²) in [4.78, 5) is 26.1. The fourth-order valence-corrected chi connectivity index (χ4v) is 2.84. The van der Waals surface area contributed by atoms with Crippen molar-refractivity contribution in [2.45, 2.75) is 0 Å². The average molecular weight is 403 g/mol. The summed E-state index contributed by atoms with van der Waals surface area (Å²) in [6.45, 7) is 0. The maximum Gasteiger partial charge on any atom is 0.259 e. The molecule has 3 aromatic rings. The summed E-state index contributed by atoms with van der Waals surface area (Å²) in [5, 5.41) is 12.8. The van der Waals surface area contributed by atoms with Gasteiger partial charge in [-0.1, -0.05) is 42.5 Å². The highest BCUT2D eigenvalue weighted by Gasteiger charge is 2.20. The maximum absolute atomic E-state index is 13.1. The molecule has 0 radical (unpaired) electrons. The Morgan fingerprint density at radius 3 is 2.33 bits per heavy atom. The Bertz CT molecular complexity index is 1090. The third-order valence-electron chi connectivity index (χ3n) is 4.37. The molecule has 0 aliphatic carbocycles. The van der Waals surface area contributed by atoms with Gasteiger partial charge < -0.3 is 19.9 Å². The van der Waals surface area contributed by atoms with E-state index < -0.39 is 11.7 Å². The predicted octanol–water partition coefficient (Wildman–Crippen LogP) is 4.31. The highest BCUT2D eigenvalue weighted by molar-refractivity contribution is 6.31. The zero-order valence-corrected chi connectivity index (χ0v) is 16.6. The molecule has 0 spiro atoms. The molecule has 3 rings (SSSR count). The summed E-state index contributed by atoms with van der Waals surface area (Å²) in [6, 6.07) is 20.0. The first-order valence-electron chi connectivity index (χ1n) is 9.15. The topological polar surface area (TPSA) is 84.9 Å². The van der Waals surface area contributed by atoms with E-state index in [1.165, 1.54) is 26.4 Å². The first-order chi connectivity index (χ1) is 14.5. The van der Waals surface area contributed by atoms with E-state index >= 15 is 0 Å². The molecule has 1 amide bonds. The van der Waals surface area contributed by atoms with Gasteiger partial charge in [0.25, 0.3) is 5.91 Å². The Morgan fingerprint density at radius 2 is 1.67 bits per heavy atom. The number of methoxy groups -OCH3 is 2. The van der Waals surface area contributed by atoms with Crippen molar-refractivity contribution in [3.63, 3.8) is 0 Å². The molecule has 2 N–H and O–H groups in total. The smallest absolute Gasteiger partial charge is 0.259 e. The molecule has 0 unspecified atom stereocenters. The molecule has 6 nitrogen and oxygen atoms in total. The van der Waals surface area contributed by atoms with Crippen LogP contribution in [0, 0.1) is 0 Å². The molecule has 152 valence electrons. The minimum absolute atomic E-state index is 0.0754. The van der Waals surface area contributed by atoms with Crippen molar-refractivity contribution in [1.82, 2.24) is 0 Å². The van der Waals surface area contributed by atoms with Crippen LogP contribution in [-0.2, 0) is 4.79 Å². The van der Waals surface area contributed by atoms with Gasteiger partial charge in [-0.3, -0.25) is 9.59 Å². The van der Waals surface area contributed by atoms with E-state index in [2.05, 4.69) is 5.32 Å². The Labute approximate surface area is 174 Å². The second-order valence-corrected chi connectivity index (χ2v) is 6.37. The molecule has 0 fully saturated rings.